The Hall–Kier alpha value is -2.60. The van der Waals surface area contributed by atoms with Crippen molar-refractivity contribution in [2.45, 2.75) is 26.2 Å². The molecule has 0 aliphatic rings. The monoisotopic (exact) mass is 376 g/mol. The minimum absolute atomic E-state index is 0.00948. The first-order chi connectivity index (χ1) is 12.5. The average Bonchev–Trinajstić information content (AvgIpc) is 2.64. The average molecular weight is 377 g/mol. The summed E-state index contributed by atoms with van der Waals surface area (Å²) in [5.41, 5.74) is 1.03. The molecule has 0 aliphatic heterocycles. The number of halogens is 1. The maximum absolute atomic E-state index is 12.1. The van der Waals surface area contributed by atoms with Crippen molar-refractivity contribution < 1.29 is 14.5 Å². The van der Waals surface area contributed by atoms with Gasteiger partial charge in [0.1, 0.15) is 10.8 Å². The predicted molar refractivity (Wildman–Crippen MR) is 101 cm³/mol. The summed E-state index contributed by atoms with van der Waals surface area (Å²) in [6, 6.07) is 11.9. The van der Waals surface area contributed by atoms with Gasteiger partial charge in [-0.2, -0.15) is 0 Å². The summed E-state index contributed by atoms with van der Waals surface area (Å²) in [6.07, 6.45) is 2.44. The van der Waals surface area contributed by atoms with Crippen LogP contribution >= 0.6 is 11.6 Å². The Balaban J connectivity index is 1.88. The summed E-state index contributed by atoms with van der Waals surface area (Å²) >= 11 is 5.76. The smallest absolute Gasteiger partial charge is 0.288 e. The standard InChI is InChI=1S/C19H21ClN2O4/c1-2-12-26-18-8-4-3-6-14(18)7-5-11-21-19(23)15-9-10-16(20)17(13-15)22(24)25/h3-4,6,8-10,13H,2,5,7,11-12H2,1H3,(H,21,23). The third-order valence-electron chi connectivity index (χ3n) is 3.75. The van der Waals surface area contributed by atoms with Gasteiger partial charge in [-0.1, -0.05) is 36.7 Å². The van der Waals surface area contributed by atoms with Crippen LogP contribution in [0.3, 0.4) is 0 Å². The molecule has 1 amide bonds. The Morgan fingerprint density at radius 2 is 2.04 bits per heavy atom. The number of nitrogens with zero attached hydrogens (tertiary/aromatic N) is 1. The molecule has 138 valence electrons. The number of aryl methyl sites for hydroxylation is 1. The van der Waals surface area contributed by atoms with Crippen LogP contribution in [0.5, 0.6) is 5.75 Å². The second-order valence-electron chi connectivity index (χ2n) is 5.74. The number of nitrogens with one attached hydrogen (secondary N) is 1. The lowest BCUT2D eigenvalue weighted by Gasteiger charge is -2.11. The minimum Gasteiger partial charge on any atom is -0.493 e. The highest BCUT2D eigenvalue weighted by molar-refractivity contribution is 6.32. The largest absolute Gasteiger partial charge is 0.493 e. The molecule has 0 bridgehead atoms. The first-order valence-corrected chi connectivity index (χ1v) is 8.83. The van der Waals surface area contributed by atoms with Crippen molar-refractivity contribution in [1.29, 1.82) is 0 Å². The van der Waals surface area contributed by atoms with Crippen LogP contribution in [-0.2, 0) is 6.42 Å². The Bertz CT molecular complexity index is 780. The van der Waals surface area contributed by atoms with Crippen molar-refractivity contribution in [3.63, 3.8) is 0 Å². The van der Waals surface area contributed by atoms with Crippen LogP contribution in [0.2, 0.25) is 5.02 Å². The SMILES string of the molecule is CCCOc1ccccc1CCCNC(=O)c1ccc(Cl)c([N+](=O)[O-])c1. The van der Waals surface area contributed by atoms with Gasteiger partial charge in [0.25, 0.3) is 11.6 Å². The summed E-state index contributed by atoms with van der Waals surface area (Å²) in [5, 5.41) is 13.7. The van der Waals surface area contributed by atoms with E-state index in [1.54, 1.807) is 0 Å². The number of amides is 1. The molecule has 0 heterocycles. The molecule has 0 radical (unpaired) electrons. The van der Waals surface area contributed by atoms with Gasteiger partial charge >= 0.3 is 0 Å². The molecular weight excluding hydrogens is 356 g/mol. The van der Waals surface area contributed by atoms with Gasteiger partial charge in [0.05, 0.1) is 11.5 Å². The highest BCUT2D eigenvalue weighted by Crippen LogP contribution is 2.25. The van der Waals surface area contributed by atoms with Crippen molar-refractivity contribution >= 4 is 23.2 Å². The number of rotatable bonds is 9. The molecule has 0 saturated heterocycles. The summed E-state index contributed by atoms with van der Waals surface area (Å²) in [4.78, 5) is 22.4. The zero-order chi connectivity index (χ0) is 18.9. The molecule has 2 rings (SSSR count). The zero-order valence-corrected chi connectivity index (χ0v) is 15.3. The lowest BCUT2D eigenvalue weighted by molar-refractivity contribution is -0.384. The Morgan fingerprint density at radius 3 is 2.77 bits per heavy atom. The molecule has 0 aliphatic carbocycles. The van der Waals surface area contributed by atoms with E-state index in [0.29, 0.717) is 13.2 Å². The van der Waals surface area contributed by atoms with Crippen molar-refractivity contribution in [3.8, 4) is 5.75 Å². The van der Waals surface area contributed by atoms with E-state index < -0.39 is 4.92 Å². The molecule has 0 atom stereocenters. The van der Waals surface area contributed by atoms with Crippen molar-refractivity contribution in [2.75, 3.05) is 13.2 Å². The molecule has 0 unspecified atom stereocenters. The van der Waals surface area contributed by atoms with Gasteiger partial charge in [-0.05, 0) is 43.0 Å². The van der Waals surface area contributed by atoms with E-state index in [0.717, 1.165) is 30.6 Å². The van der Waals surface area contributed by atoms with Crippen LogP contribution < -0.4 is 10.1 Å². The number of benzene rings is 2. The van der Waals surface area contributed by atoms with Crippen molar-refractivity contribution in [1.82, 2.24) is 5.32 Å². The summed E-state index contributed by atoms with van der Waals surface area (Å²) in [5.74, 6) is 0.509. The van der Waals surface area contributed by atoms with Gasteiger partial charge in [-0.15, -0.1) is 0 Å². The van der Waals surface area contributed by atoms with Crippen molar-refractivity contribution in [3.05, 3.63) is 68.7 Å². The molecule has 26 heavy (non-hydrogen) atoms. The molecule has 0 spiro atoms. The quantitative estimate of drug-likeness (QED) is 0.399. The van der Waals surface area contributed by atoms with E-state index in [9.17, 15) is 14.9 Å². The number of hydrogen-bond acceptors (Lipinski definition) is 4. The first kappa shape index (κ1) is 19.7. The van der Waals surface area contributed by atoms with Crippen LogP contribution in [-0.4, -0.2) is 24.0 Å². The van der Waals surface area contributed by atoms with E-state index >= 15 is 0 Å². The molecule has 0 saturated carbocycles. The minimum atomic E-state index is -0.605. The Morgan fingerprint density at radius 1 is 1.27 bits per heavy atom. The number of para-hydroxylation sites is 1. The first-order valence-electron chi connectivity index (χ1n) is 8.45. The number of hydrogen-bond donors (Lipinski definition) is 1. The van der Waals surface area contributed by atoms with Crippen molar-refractivity contribution in [2.24, 2.45) is 0 Å². The number of carbonyl (C=O) groups is 1. The summed E-state index contributed by atoms with van der Waals surface area (Å²) < 4.78 is 5.72. The highest BCUT2D eigenvalue weighted by atomic mass is 35.5. The van der Waals surface area contributed by atoms with Gasteiger partial charge < -0.3 is 10.1 Å². The molecule has 6 nitrogen and oxygen atoms in total. The van der Waals surface area contributed by atoms with Gasteiger partial charge in [-0.25, -0.2) is 0 Å². The molecule has 2 aromatic carbocycles. The number of ether oxygens (including phenoxy) is 1. The third kappa shape index (κ3) is 5.46. The van der Waals surface area contributed by atoms with E-state index in [-0.39, 0.29) is 22.2 Å². The fourth-order valence-corrected chi connectivity index (χ4v) is 2.63. The summed E-state index contributed by atoms with van der Waals surface area (Å²) in [6.45, 7) is 3.18. The predicted octanol–water partition coefficient (Wildman–Crippen LogP) is 4.40. The van der Waals surface area contributed by atoms with Crippen LogP contribution in [0.25, 0.3) is 0 Å². The van der Waals surface area contributed by atoms with Crippen LogP contribution in [0, 0.1) is 10.1 Å². The Labute approximate surface area is 157 Å². The second-order valence-corrected chi connectivity index (χ2v) is 6.15. The number of carbonyl (C=O) groups excluding carboxylic acids is 1. The van der Waals surface area contributed by atoms with Crippen LogP contribution in [0.15, 0.2) is 42.5 Å². The maximum Gasteiger partial charge on any atom is 0.288 e. The van der Waals surface area contributed by atoms with E-state index in [4.69, 9.17) is 16.3 Å². The molecule has 1 N–H and O–H groups in total. The topological polar surface area (TPSA) is 81.5 Å². The fourth-order valence-electron chi connectivity index (χ4n) is 2.44. The fraction of sp³-hybridized carbons (Fsp3) is 0.316. The number of nitro benzene ring substituents is 1. The third-order valence-corrected chi connectivity index (χ3v) is 4.07. The van der Waals surface area contributed by atoms with E-state index in [1.807, 2.05) is 24.3 Å². The lowest BCUT2D eigenvalue weighted by atomic mass is 10.1. The normalized spacial score (nSPS) is 10.4. The van der Waals surface area contributed by atoms with E-state index in [1.165, 1.54) is 18.2 Å². The zero-order valence-electron chi connectivity index (χ0n) is 14.5. The molecule has 0 aromatic heterocycles. The van der Waals surface area contributed by atoms with Crippen LogP contribution in [0.1, 0.15) is 35.7 Å². The second kappa shape index (κ2) is 9.77. The van der Waals surface area contributed by atoms with Gasteiger partial charge in [-0.3, -0.25) is 14.9 Å². The maximum atomic E-state index is 12.1. The number of nitro groups is 1. The molecule has 0 fully saturated rings. The molecular formula is C19H21ClN2O4. The highest BCUT2D eigenvalue weighted by Gasteiger charge is 2.16. The summed E-state index contributed by atoms with van der Waals surface area (Å²) in [7, 11) is 0. The molecule has 2 aromatic rings. The Kier molecular flexibility index (Phi) is 7.41. The van der Waals surface area contributed by atoms with Gasteiger partial charge in [0.15, 0.2) is 0 Å². The van der Waals surface area contributed by atoms with Gasteiger partial charge in [0, 0.05) is 18.2 Å². The van der Waals surface area contributed by atoms with E-state index in [2.05, 4.69) is 12.2 Å². The van der Waals surface area contributed by atoms with Gasteiger partial charge in [0.2, 0.25) is 0 Å². The lowest BCUT2D eigenvalue weighted by Crippen LogP contribution is -2.24. The van der Waals surface area contributed by atoms with Crippen LogP contribution in [0.4, 0.5) is 5.69 Å². The molecule has 7 heteroatoms.